The third kappa shape index (κ3) is 3.05. The van der Waals surface area contributed by atoms with Gasteiger partial charge in [-0.1, -0.05) is 30.2 Å². The smallest absolute Gasteiger partial charge is 0.308 e. The van der Waals surface area contributed by atoms with E-state index in [1.165, 1.54) is 0 Å². The van der Waals surface area contributed by atoms with Gasteiger partial charge in [-0.2, -0.15) is 0 Å². The highest BCUT2D eigenvalue weighted by Gasteiger charge is 2.45. The van der Waals surface area contributed by atoms with Crippen molar-refractivity contribution in [2.45, 2.75) is 37.6 Å². The van der Waals surface area contributed by atoms with Crippen molar-refractivity contribution < 1.29 is 14.7 Å². The fourth-order valence-corrected chi connectivity index (χ4v) is 3.51. The molecule has 0 aliphatic heterocycles. The summed E-state index contributed by atoms with van der Waals surface area (Å²) in [5, 5.41) is 12.8. The number of hydrogen-bond donors (Lipinski definition) is 2. The molecule has 2 saturated carbocycles. The molecule has 0 radical (unpaired) electrons. The first-order valence-electron chi connectivity index (χ1n) is 7.35. The number of carbonyl (C=O) groups is 2. The number of carboxylic acid groups (broad SMARTS) is 1. The van der Waals surface area contributed by atoms with Gasteiger partial charge in [-0.05, 0) is 42.9 Å². The van der Waals surface area contributed by atoms with Gasteiger partial charge in [0.1, 0.15) is 0 Å². The van der Waals surface area contributed by atoms with Crippen LogP contribution in [0.25, 0.3) is 0 Å². The van der Waals surface area contributed by atoms with E-state index in [1.54, 1.807) is 0 Å². The monoisotopic (exact) mass is 307 g/mol. The predicted octanol–water partition coefficient (Wildman–Crippen LogP) is 2.81. The third-order valence-corrected chi connectivity index (χ3v) is 4.80. The number of rotatable bonds is 4. The van der Waals surface area contributed by atoms with Crippen LogP contribution in [-0.2, 0) is 9.59 Å². The zero-order chi connectivity index (χ0) is 15.0. The molecule has 0 heterocycles. The normalized spacial score (nSPS) is 30.9. The molecule has 1 aromatic rings. The average Bonchev–Trinajstić information content (AvgIpc) is 3.11. The number of carboxylic acids is 1. The van der Waals surface area contributed by atoms with E-state index in [0.717, 1.165) is 24.8 Å². The van der Waals surface area contributed by atoms with Crippen LogP contribution in [-0.4, -0.2) is 23.0 Å². The summed E-state index contributed by atoms with van der Waals surface area (Å²) in [5.41, 5.74) is 1.09. The summed E-state index contributed by atoms with van der Waals surface area (Å²) in [6.07, 6.45) is 3.10. The number of amides is 1. The minimum Gasteiger partial charge on any atom is -0.481 e. The van der Waals surface area contributed by atoms with Crippen molar-refractivity contribution in [1.82, 2.24) is 5.32 Å². The molecule has 2 N–H and O–H groups in total. The second-order valence-corrected chi connectivity index (χ2v) is 6.43. The Morgan fingerprint density at radius 3 is 2.76 bits per heavy atom. The van der Waals surface area contributed by atoms with Crippen LogP contribution in [0, 0.1) is 11.8 Å². The maximum atomic E-state index is 12.3. The van der Waals surface area contributed by atoms with Crippen LogP contribution in [0.5, 0.6) is 0 Å². The minimum atomic E-state index is -0.806. The van der Waals surface area contributed by atoms with Crippen molar-refractivity contribution in [1.29, 1.82) is 0 Å². The second kappa shape index (κ2) is 5.68. The molecule has 2 aliphatic rings. The first-order chi connectivity index (χ1) is 10.1. The van der Waals surface area contributed by atoms with E-state index in [0.29, 0.717) is 11.4 Å². The van der Waals surface area contributed by atoms with Gasteiger partial charge in [-0.25, -0.2) is 0 Å². The van der Waals surface area contributed by atoms with Gasteiger partial charge in [-0.15, -0.1) is 0 Å². The standard InChI is InChI=1S/C16H18ClNO3/c17-10-4-1-3-9(7-10)12-8-13(12)15(19)18-14-6-2-5-11(14)16(20)21/h1,3-4,7,11-14H,2,5-6,8H2,(H,18,19)(H,20,21)/t11-,12-,13+,14+/m1/s1. The summed E-state index contributed by atoms with van der Waals surface area (Å²) in [7, 11) is 0. The van der Waals surface area contributed by atoms with Crippen LogP contribution in [0.15, 0.2) is 24.3 Å². The highest BCUT2D eigenvalue weighted by molar-refractivity contribution is 6.30. The molecule has 1 amide bonds. The Morgan fingerprint density at radius 1 is 1.24 bits per heavy atom. The Morgan fingerprint density at radius 2 is 2.05 bits per heavy atom. The molecule has 0 spiro atoms. The topological polar surface area (TPSA) is 66.4 Å². The van der Waals surface area contributed by atoms with Crippen molar-refractivity contribution in [2.75, 3.05) is 0 Å². The summed E-state index contributed by atoms with van der Waals surface area (Å²) in [6, 6.07) is 7.38. The molecule has 0 saturated heterocycles. The van der Waals surface area contributed by atoms with E-state index in [-0.39, 0.29) is 23.8 Å². The van der Waals surface area contributed by atoms with Crippen LogP contribution in [0.2, 0.25) is 5.02 Å². The number of benzene rings is 1. The van der Waals surface area contributed by atoms with Crippen LogP contribution in [0.4, 0.5) is 0 Å². The Bertz CT molecular complexity index is 574. The summed E-state index contributed by atoms with van der Waals surface area (Å²) in [6.45, 7) is 0. The number of aliphatic carboxylic acids is 1. The van der Waals surface area contributed by atoms with Gasteiger partial charge in [0.15, 0.2) is 0 Å². The number of halogens is 1. The molecule has 1 aromatic carbocycles. The number of hydrogen-bond acceptors (Lipinski definition) is 2. The quantitative estimate of drug-likeness (QED) is 0.899. The summed E-state index contributed by atoms with van der Waals surface area (Å²) in [4.78, 5) is 23.4. The van der Waals surface area contributed by atoms with E-state index in [2.05, 4.69) is 5.32 Å². The van der Waals surface area contributed by atoms with Gasteiger partial charge in [0, 0.05) is 17.0 Å². The SMILES string of the molecule is O=C(N[C@H]1CCC[C@H]1C(=O)O)[C@H]1C[C@@H]1c1cccc(Cl)c1. The molecule has 2 aliphatic carbocycles. The molecule has 0 bridgehead atoms. The molecule has 0 unspecified atom stereocenters. The fourth-order valence-electron chi connectivity index (χ4n) is 3.31. The predicted molar refractivity (Wildman–Crippen MR) is 79.2 cm³/mol. The van der Waals surface area contributed by atoms with Crippen molar-refractivity contribution in [2.24, 2.45) is 11.8 Å². The fraction of sp³-hybridized carbons (Fsp3) is 0.500. The van der Waals surface area contributed by atoms with Gasteiger partial charge >= 0.3 is 5.97 Å². The van der Waals surface area contributed by atoms with Crippen molar-refractivity contribution in [3.63, 3.8) is 0 Å². The Kier molecular flexibility index (Phi) is 3.89. The molecular weight excluding hydrogens is 290 g/mol. The lowest BCUT2D eigenvalue weighted by atomic mass is 10.0. The van der Waals surface area contributed by atoms with Crippen molar-refractivity contribution in [3.05, 3.63) is 34.9 Å². The van der Waals surface area contributed by atoms with Gasteiger partial charge in [0.2, 0.25) is 5.91 Å². The molecule has 0 aromatic heterocycles. The summed E-state index contributed by atoms with van der Waals surface area (Å²) in [5.74, 6) is -1.08. The second-order valence-electron chi connectivity index (χ2n) is 5.99. The highest BCUT2D eigenvalue weighted by atomic mass is 35.5. The van der Waals surface area contributed by atoms with Gasteiger partial charge < -0.3 is 10.4 Å². The molecule has 3 rings (SSSR count). The molecule has 21 heavy (non-hydrogen) atoms. The Balaban J connectivity index is 1.59. The van der Waals surface area contributed by atoms with E-state index >= 15 is 0 Å². The van der Waals surface area contributed by atoms with Crippen molar-refractivity contribution >= 4 is 23.5 Å². The third-order valence-electron chi connectivity index (χ3n) is 4.56. The van der Waals surface area contributed by atoms with Crippen molar-refractivity contribution in [3.8, 4) is 0 Å². The zero-order valence-corrected chi connectivity index (χ0v) is 12.3. The van der Waals surface area contributed by atoms with Crippen LogP contribution in [0.3, 0.4) is 0 Å². The summed E-state index contributed by atoms with van der Waals surface area (Å²) >= 11 is 5.97. The van der Waals surface area contributed by atoms with Crippen LogP contribution >= 0.6 is 11.6 Å². The van der Waals surface area contributed by atoms with Crippen LogP contribution < -0.4 is 5.32 Å². The van der Waals surface area contributed by atoms with E-state index in [4.69, 9.17) is 16.7 Å². The van der Waals surface area contributed by atoms with Gasteiger partial charge in [0.25, 0.3) is 0 Å². The van der Waals surface area contributed by atoms with Gasteiger partial charge in [-0.3, -0.25) is 9.59 Å². The van der Waals surface area contributed by atoms with Gasteiger partial charge in [0.05, 0.1) is 5.92 Å². The number of carbonyl (C=O) groups excluding carboxylic acids is 1. The maximum absolute atomic E-state index is 12.3. The Hall–Kier alpha value is -1.55. The first kappa shape index (κ1) is 14.4. The molecular formula is C16H18ClNO3. The minimum absolute atomic E-state index is 0.0156. The van der Waals surface area contributed by atoms with E-state index in [9.17, 15) is 9.59 Å². The lowest BCUT2D eigenvalue weighted by molar-refractivity contribution is -0.142. The van der Waals surface area contributed by atoms with E-state index < -0.39 is 11.9 Å². The lowest BCUT2D eigenvalue weighted by Crippen LogP contribution is -2.41. The van der Waals surface area contributed by atoms with E-state index in [1.807, 2.05) is 24.3 Å². The largest absolute Gasteiger partial charge is 0.481 e. The molecule has 4 atom stereocenters. The molecule has 2 fully saturated rings. The lowest BCUT2D eigenvalue weighted by Gasteiger charge is -2.17. The summed E-state index contributed by atoms with van der Waals surface area (Å²) < 4.78 is 0. The zero-order valence-electron chi connectivity index (χ0n) is 11.6. The Labute approximate surface area is 128 Å². The first-order valence-corrected chi connectivity index (χ1v) is 7.72. The van der Waals surface area contributed by atoms with Crippen LogP contribution in [0.1, 0.15) is 37.2 Å². The number of nitrogens with one attached hydrogen (secondary N) is 1. The molecule has 112 valence electrons. The average molecular weight is 308 g/mol. The highest BCUT2D eigenvalue weighted by Crippen LogP contribution is 2.48. The maximum Gasteiger partial charge on any atom is 0.308 e. The molecule has 4 nitrogen and oxygen atoms in total. The molecule has 5 heteroatoms.